The maximum Gasteiger partial charge on any atom is 0.258 e. The Morgan fingerprint density at radius 1 is 1.06 bits per heavy atom. The molecule has 1 N–H and O–H groups in total. The maximum atomic E-state index is 13.7. The number of nitrogens with one attached hydrogen (secondary N) is 1. The molecule has 0 spiro atoms. The zero-order chi connectivity index (χ0) is 23.7. The molecule has 7 nitrogen and oxygen atoms in total. The molecular formula is C27H31N5O2. The maximum absolute atomic E-state index is 13.7. The van der Waals surface area contributed by atoms with Crippen molar-refractivity contribution in [3.05, 3.63) is 70.9 Å². The summed E-state index contributed by atoms with van der Waals surface area (Å²) >= 11 is 0. The minimum absolute atomic E-state index is 0.0509. The first-order valence-corrected chi connectivity index (χ1v) is 12.1. The van der Waals surface area contributed by atoms with E-state index in [9.17, 15) is 9.59 Å². The molecule has 1 saturated heterocycles. The third-order valence-corrected chi connectivity index (χ3v) is 6.94. The molecule has 34 heavy (non-hydrogen) atoms. The molecule has 2 aliphatic heterocycles. The highest BCUT2D eigenvalue weighted by Crippen LogP contribution is 2.36. The lowest BCUT2D eigenvalue weighted by Gasteiger charge is -2.26. The Labute approximate surface area is 200 Å². The van der Waals surface area contributed by atoms with E-state index in [1.165, 1.54) is 6.42 Å². The molecule has 2 amide bonds. The molecule has 7 heteroatoms. The fourth-order valence-corrected chi connectivity index (χ4v) is 4.95. The van der Waals surface area contributed by atoms with E-state index >= 15 is 0 Å². The number of para-hydroxylation sites is 2. The Morgan fingerprint density at radius 3 is 2.65 bits per heavy atom. The first-order chi connectivity index (χ1) is 16.5. The van der Waals surface area contributed by atoms with Crippen molar-refractivity contribution in [3.63, 3.8) is 0 Å². The van der Waals surface area contributed by atoms with Crippen LogP contribution >= 0.6 is 0 Å². The number of nitrogens with zero attached hydrogens (tertiary/aromatic N) is 4. The quantitative estimate of drug-likeness (QED) is 0.623. The molecule has 3 heterocycles. The van der Waals surface area contributed by atoms with Gasteiger partial charge in [0.25, 0.3) is 5.91 Å². The lowest BCUT2D eigenvalue weighted by atomic mass is 9.99. The van der Waals surface area contributed by atoms with E-state index in [2.05, 4.69) is 10.4 Å². The molecule has 1 fully saturated rings. The molecule has 0 saturated carbocycles. The summed E-state index contributed by atoms with van der Waals surface area (Å²) in [5, 5.41) is 7.79. The summed E-state index contributed by atoms with van der Waals surface area (Å²) in [7, 11) is 1.89. The van der Waals surface area contributed by atoms with Gasteiger partial charge in [-0.1, -0.05) is 18.2 Å². The smallest absolute Gasteiger partial charge is 0.258 e. The second kappa shape index (κ2) is 9.33. The first kappa shape index (κ1) is 22.2. The molecule has 5 rings (SSSR count). The predicted octanol–water partition coefficient (Wildman–Crippen LogP) is 4.58. The molecule has 2 aromatic carbocycles. The van der Waals surface area contributed by atoms with Gasteiger partial charge in [0.15, 0.2) is 0 Å². The van der Waals surface area contributed by atoms with Crippen molar-refractivity contribution < 1.29 is 9.59 Å². The van der Waals surface area contributed by atoms with E-state index in [0.717, 1.165) is 59.8 Å². The van der Waals surface area contributed by atoms with Gasteiger partial charge >= 0.3 is 0 Å². The van der Waals surface area contributed by atoms with Gasteiger partial charge in [0.05, 0.1) is 24.1 Å². The van der Waals surface area contributed by atoms with Crippen LogP contribution in [0.1, 0.15) is 52.7 Å². The van der Waals surface area contributed by atoms with Crippen molar-refractivity contribution >= 4 is 29.0 Å². The zero-order valence-electron chi connectivity index (χ0n) is 19.9. The Morgan fingerprint density at radius 2 is 1.85 bits per heavy atom. The van der Waals surface area contributed by atoms with Gasteiger partial charge in [-0.25, -0.2) is 0 Å². The van der Waals surface area contributed by atoms with Crippen LogP contribution in [0.5, 0.6) is 0 Å². The number of anilines is 3. The summed E-state index contributed by atoms with van der Waals surface area (Å²) in [5.74, 6) is 1.08. The van der Waals surface area contributed by atoms with Gasteiger partial charge in [0.1, 0.15) is 5.82 Å². The van der Waals surface area contributed by atoms with E-state index in [-0.39, 0.29) is 11.8 Å². The lowest BCUT2D eigenvalue weighted by Crippen LogP contribution is -2.35. The van der Waals surface area contributed by atoms with Crippen molar-refractivity contribution in [2.75, 3.05) is 23.3 Å². The van der Waals surface area contributed by atoms with Crippen molar-refractivity contribution in [2.24, 2.45) is 7.05 Å². The number of piperidine rings is 1. The van der Waals surface area contributed by atoms with Crippen molar-refractivity contribution in [1.29, 1.82) is 0 Å². The SMILES string of the molecule is Cc1cc(C(=O)N2Cc3cnn(C)c3Nc3ccccc32)ccc1CCC(=O)N1CCCCC1. The van der Waals surface area contributed by atoms with Crippen molar-refractivity contribution in [2.45, 2.75) is 45.6 Å². The topological polar surface area (TPSA) is 70.5 Å². The van der Waals surface area contributed by atoms with Crippen LogP contribution in [0.3, 0.4) is 0 Å². The Balaban J connectivity index is 1.35. The van der Waals surface area contributed by atoms with Crippen LogP contribution in [0, 0.1) is 6.92 Å². The third kappa shape index (κ3) is 4.30. The molecule has 1 aromatic heterocycles. The first-order valence-electron chi connectivity index (χ1n) is 12.1. The number of carbonyl (C=O) groups is 2. The fraction of sp³-hybridized carbons (Fsp3) is 0.370. The molecule has 0 unspecified atom stereocenters. The normalized spacial score (nSPS) is 15.2. The minimum Gasteiger partial charge on any atom is -0.343 e. The van der Waals surface area contributed by atoms with E-state index in [4.69, 9.17) is 0 Å². The molecule has 0 aliphatic carbocycles. The Kier molecular flexibility index (Phi) is 6.09. The number of aryl methyl sites for hydroxylation is 3. The molecule has 0 bridgehead atoms. The molecule has 3 aromatic rings. The van der Waals surface area contributed by atoms with Gasteiger partial charge in [-0.05, 0) is 68.0 Å². The van der Waals surface area contributed by atoms with Crippen molar-refractivity contribution in [1.82, 2.24) is 14.7 Å². The predicted molar refractivity (Wildman–Crippen MR) is 133 cm³/mol. The highest BCUT2D eigenvalue weighted by molar-refractivity contribution is 6.08. The standard InChI is InChI=1S/C27H31N5O2/c1-19-16-21(11-10-20(19)12-13-25(33)31-14-6-3-7-15-31)27(34)32-18-22-17-28-30(2)26(22)29-23-8-4-5-9-24(23)32/h4-5,8-11,16-17,29H,3,6-7,12-15,18H2,1-2H3. The summed E-state index contributed by atoms with van der Waals surface area (Å²) in [6.07, 6.45) is 6.46. The summed E-state index contributed by atoms with van der Waals surface area (Å²) in [6, 6.07) is 13.7. The highest BCUT2D eigenvalue weighted by atomic mass is 16.2. The van der Waals surface area contributed by atoms with Crippen molar-refractivity contribution in [3.8, 4) is 0 Å². The molecule has 0 atom stereocenters. The van der Waals surface area contributed by atoms with Crippen LogP contribution in [0.25, 0.3) is 0 Å². The van der Waals surface area contributed by atoms with Crippen LogP contribution < -0.4 is 10.2 Å². The highest BCUT2D eigenvalue weighted by Gasteiger charge is 2.27. The van der Waals surface area contributed by atoms with Crippen LogP contribution in [0.2, 0.25) is 0 Å². The van der Waals surface area contributed by atoms with Crippen LogP contribution in [0.4, 0.5) is 17.2 Å². The largest absolute Gasteiger partial charge is 0.343 e. The summed E-state index contributed by atoms with van der Waals surface area (Å²) < 4.78 is 1.80. The van der Waals surface area contributed by atoms with E-state index in [0.29, 0.717) is 24.9 Å². The monoisotopic (exact) mass is 457 g/mol. The number of likely N-dealkylation sites (tertiary alicyclic amines) is 1. The number of benzene rings is 2. The molecular weight excluding hydrogens is 426 g/mol. The number of hydrogen-bond donors (Lipinski definition) is 1. The van der Waals surface area contributed by atoms with Crippen LogP contribution in [-0.4, -0.2) is 39.6 Å². The third-order valence-electron chi connectivity index (χ3n) is 6.94. The minimum atomic E-state index is -0.0509. The average Bonchev–Trinajstić information content (AvgIpc) is 3.11. The summed E-state index contributed by atoms with van der Waals surface area (Å²) in [4.78, 5) is 30.1. The van der Waals surface area contributed by atoms with Gasteiger partial charge < -0.3 is 15.1 Å². The van der Waals surface area contributed by atoms with Gasteiger partial charge in [-0.15, -0.1) is 0 Å². The molecule has 2 aliphatic rings. The lowest BCUT2D eigenvalue weighted by molar-refractivity contribution is -0.132. The molecule has 0 radical (unpaired) electrons. The number of rotatable bonds is 4. The Hall–Kier alpha value is -3.61. The summed E-state index contributed by atoms with van der Waals surface area (Å²) in [6.45, 7) is 4.23. The fourth-order valence-electron chi connectivity index (χ4n) is 4.95. The summed E-state index contributed by atoms with van der Waals surface area (Å²) in [5.41, 5.74) is 5.50. The van der Waals surface area contributed by atoms with Crippen LogP contribution in [-0.2, 0) is 24.8 Å². The van der Waals surface area contributed by atoms with Crippen LogP contribution in [0.15, 0.2) is 48.7 Å². The number of fused-ring (bicyclic) bond motifs is 2. The number of hydrogen-bond acceptors (Lipinski definition) is 4. The zero-order valence-corrected chi connectivity index (χ0v) is 19.9. The second-order valence-corrected chi connectivity index (χ2v) is 9.26. The number of aromatic nitrogens is 2. The van der Waals surface area contributed by atoms with Gasteiger partial charge in [0, 0.05) is 37.7 Å². The van der Waals surface area contributed by atoms with Gasteiger partial charge in [-0.3, -0.25) is 14.3 Å². The van der Waals surface area contributed by atoms with E-state index in [1.807, 2.05) is 72.4 Å². The van der Waals surface area contributed by atoms with E-state index in [1.54, 1.807) is 4.68 Å². The van der Waals surface area contributed by atoms with E-state index < -0.39 is 0 Å². The van der Waals surface area contributed by atoms with Gasteiger partial charge in [-0.2, -0.15) is 5.10 Å². The van der Waals surface area contributed by atoms with Gasteiger partial charge in [0.2, 0.25) is 5.91 Å². The average molecular weight is 458 g/mol. The number of carbonyl (C=O) groups excluding carboxylic acids is 2. The second-order valence-electron chi connectivity index (χ2n) is 9.26. The Bertz CT molecular complexity index is 1230. The number of amides is 2. The molecule has 176 valence electrons.